The maximum absolute atomic E-state index is 3.98. The molecule has 4 heteroatoms. The molecule has 0 aromatic rings. The summed E-state index contributed by atoms with van der Waals surface area (Å²) < 4.78 is 0. The molecule has 0 saturated carbocycles. The van der Waals surface area contributed by atoms with Gasteiger partial charge in [0.1, 0.15) is 19.3 Å². The summed E-state index contributed by atoms with van der Waals surface area (Å²) in [4.78, 5) is 7.87. The SMILES string of the molecule is C1=NC=NCN1N1CC1. The molecule has 0 amide bonds. The van der Waals surface area contributed by atoms with Crippen LogP contribution in [0, 0.1) is 0 Å². The van der Waals surface area contributed by atoms with Crippen molar-refractivity contribution in [3.8, 4) is 0 Å². The van der Waals surface area contributed by atoms with Crippen LogP contribution in [0.15, 0.2) is 9.98 Å². The molecule has 1 saturated heterocycles. The number of hydrogen-bond donors (Lipinski definition) is 0. The van der Waals surface area contributed by atoms with E-state index in [1.165, 1.54) is 0 Å². The highest BCUT2D eigenvalue weighted by Gasteiger charge is 2.23. The van der Waals surface area contributed by atoms with Gasteiger partial charge >= 0.3 is 0 Å². The van der Waals surface area contributed by atoms with E-state index in [0.29, 0.717) is 0 Å². The molecule has 2 heterocycles. The number of nitrogens with zero attached hydrogens (tertiary/aromatic N) is 4. The van der Waals surface area contributed by atoms with Crippen LogP contribution in [0.2, 0.25) is 0 Å². The van der Waals surface area contributed by atoms with Crippen molar-refractivity contribution in [2.24, 2.45) is 9.98 Å². The minimum Gasteiger partial charge on any atom is -0.274 e. The Balaban J connectivity index is 1.98. The van der Waals surface area contributed by atoms with Crippen LogP contribution >= 0.6 is 0 Å². The Morgan fingerprint density at radius 3 is 2.78 bits per heavy atom. The van der Waals surface area contributed by atoms with E-state index in [4.69, 9.17) is 0 Å². The summed E-state index contributed by atoms with van der Waals surface area (Å²) in [5, 5.41) is 4.19. The van der Waals surface area contributed by atoms with Gasteiger partial charge in [0, 0.05) is 13.1 Å². The summed E-state index contributed by atoms with van der Waals surface area (Å²) in [7, 11) is 0. The van der Waals surface area contributed by atoms with Crippen molar-refractivity contribution in [1.29, 1.82) is 0 Å². The van der Waals surface area contributed by atoms with E-state index in [9.17, 15) is 0 Å². The van der Waals surface area contributed by atoms with E-state index in [1.807, 2.05) is 5.01 Å². The number of aliphatic imine (C=N–C) groups is 2. The summed E-state index contributed by atoms with van der Waals surface area (Å²) in [5.74, 6) is 0. The van der Waals surface area contributed by atoms with Crippen LogP contribution in [0.25, 0.3) is 0 Å². The minimum atomic E-state index is 0.740. The Bertz CT molecular complexity index is 158. The van der Waals surface area contributed by atoms with Gasteiger partial charge in [-0.1, -0.05) is 0 Å². The average molecular weight is 124 g/mol. The van der Waals surface area contributed by atoms with E-state index in [0.717, 1.165) is 19.8 Å². The van der Waals surface area contributed by atoms with Crippen molar-refractivity contribution in [2.75, 3.05) is 19.8 Å². The Morgan fingerprint density at radius 1 is 1.33 bits per heavy atom. The van der Waals surface area contributed by atoms with Crippen molar-refractivity contribution in [1.82, 2.24) is 10.0 Å². The van der Waals surface area contributed by atoms with E-state index < -0.39 is 0 Å². The first-order valence-electron chi connectivity index (χ1n) is 3.00. The fourth-order valence-electron chi connectivity index (χ4n) is 0.775. The van der Waals surface area contributed by atoms with Gasteiger partial charge in [-0.2, -0.15) is 0 Å². The molecule has 2 aliphatic rings. The van der Waals surface area contributed by atoms with Crippen molar-refractivity contribution in [2.45, 2.75) is 0 Å². The molecule has 0 aromatic heterocycles. The standard InChI is InChI=1S/C5H8N4/c1-2-8(1)9-4-6-3-7-5-9/h3-4H,1-2,5H2. The molecule has 9 heavy (non-hydrogen) atoms. The lowest BCUT2D eigenvalue weighted by Crippen LogP contribution is -2.29. The van der Waals surface area contributed by atoms with Crippen molar-refractivity contribution in [3.05, 3.63) is 0 Å². The third-order valence-electron chi connectivity index (χ3n) is 1.36. The lowest BCUT2D eigenvalue weighted by molar-refractivity contribution is 0.203. The summed E-state index contributed by atoms with van der Waals surface area (Å²) in [6.07, 6.45) is 3.39. The van der Waals surface area contributed by atoms with Crippen molar-refractivity contribution < 1.29 is 0 Å². The molecule has 2 aliphatic heterocycles. The fourth-order valence-corrected chi connectivity index (χ4v) is 0.775. The van der Waals surface area contributed by atoms with Gasteiger partial charge in [-0.15, -0.1) is 0 Å². The summed E-state index contributed by atoms with van der Waals surface area (Å²) in [6.45, 7) is 3.05. The molecular weight excluding hydrogens is 116 g/mol. The van der Waals surface area contributed by atoms with E-state index in [1.54, 1.807) is 12.7 Å². The summed E-state index contributed by atoms with van der Waals surface area (Å²) >= 11 is 0. The third-order valence-corrected chi connectivity index (χ3v) is 1.36. The molecule has 0 spiro atoms. The van der Waals surface area contributed by atoms with Crippen molar-refractivity contribution in [3.63, 3.8) is 0 Å². The van der Waals surface area contributed by atoms with Gasteiger partial charge in [0.25, 0.3) is 0 Å². The summed E-state index contributed by atoms with van der Waals surface area (Å²) in [6, 6.07) is 0. The van der Waals surface area contributed by atoms with Gasteiger partial charge in [0.05, 0.1) is 0 Å². The highest BCUT2D eigenvalue weighted by atomic mass is 15.7. The van der Waals surface area contributed by atoms with Crippen molar-refractivity contribution >= 4 is 12.7 Å². The molecule has 48 valence electrons. The second-order valence-corrected chi connectivity index (χ2v) is 2.10. The monoisotopic (exact) mass is 124 g/mol. The smallest absolute Gasteiger partial charge is 0.127 e. The third kappa shape index (κ3) is 0.929. The van der Waals surface area contributed by atoms with Crippen LogP contribution in [0.1, 0.15) is 0 Å². The van der Waals surface area contributed by atoms with Crippen LogP contribution in [0.5, 0.6) is 0 Å². The molecule has 1 fully saturated rings. The quantitative estimate of drug-likeness (QED) is 0.443. The highest BCUT2D eigenvalue weighted by Crippen LogP contribution is 2.07. The van der Waals surface area contributed by atoms with Crippen LogP contribution in [-0.2, 0) is 0 Å². The number of hydrogen-bond acceptors (Lipinski definition) is 4. The zero-order valence-electron chi connectivity index (χ0n) is 5.06. The molecule has 0 aliphatic carbocycles. The Hall–Kier alpha value is -0.900. The maximum atomic E-state index is 3.98. The highest BCUT2D eigenvalue weighted by molar-refractivity contribution is 5.72. The first kappa shape index (κ1) is 4.93. The molecule has 0 unspecified atom stereocenters. The zero-order valence-corrected chi connectivity index (χ0v) is 5.06. The predicted molar refractivity (Wildman–Crippen MR) is 35.3 cm³/mol. The van der Waals surface area contributed by atoms with E-state index in [-0.39, 0.29) is 0 Å². The van der Waals surface area contributed by atoms with Crippen LogP contribution in [0.3, 0.4) is 0 Å². The molecule has 0 bridgehead atoms. The van der Waals surface area contributed by atoms with Gasteiger partial charge in [-0.05, 0) is 0 Å². The number of hydrazine groups is 1. The Labute approximate surface area is 53.5 Å². The second-order valence-electron chi connectivity index (χ2n) is 2.10. The molecule has 0 atom stereocenters. The molecule has 0 aromatic carbocycles. The number of rotatable bonds is 1. The molecule has 0 radical (unpaired) electrons. The Kier molecular flexibility index (Phi) is 0.989. The first-order valence-corrected chi connectivity index (χ1v) is 3.00. The van der Waals surface area contributed by atoms with Gasteiger partial charge in [-0.3, -0.25) is 10.0 Å². The minimum absolute atomic E-state index is 0.740. The van der Waals surface area contributed by atoms with E-state index >= 15 is 0 Å². The lowest BCUT2D eigenvalue weighted by Gasteiger charge is -2.18. The van der Waals surface area contributed by atoms with Gasteiger partial charge < -0.3 is 0 Å². The van der Waals surface area contributed by atoms with Gasteiger partial charge in [0.15, 0.2) is 0 Å². The van der Waals surface area contributed by atoms with Gasteiger partial charge in [0.2, 0.25) is 0 Å². The average Bonchev–Trinajstić information content (AvgIpc) is 2.71. The van der Waals surface area contributed by atoms with Gasteiger partial charge in [-0.25, -0.2) is 10.0 Å². The van der Waals surface area contributed by atoms with Crippen LogP contribution in [-0.4, -0.2) is 42.5 Å². The fraction of sp³-hybridized carbons (Fsp3) is 0.600. The molecular formula is C5H8N4. The normalized spacial score (nSPS) is 25.1. The molecule has 2 rings (SSSR count). The first-order chi connectivity index (χ1) is 4.47. The Morgan fingerprint density at radius 2 is 2.22 bits per heavy atom. The molecule has 4 nitrogen and oxygen atoms in total. The van der Waals surface area contributed by atoms with Crippen LogP contribution < -0.4 is 0 Å². The van der Waals surface area contributed by atoms with E-state index in [2.05, 4.69) is 15.0 Å². The maximum Gasteiger partial charge on any atom is 0.127 e. The molecule has 0 N–H and O–H groups in total. The zero-order chi connectivity index (χ0) is 6.10. The topological polar surface area (TPSA) is 31.0 Å². The second kappa shape index (κ2) is 1.80. The van der Waals surface area contributed by atoms with Crippen LogP contribution in [0.4, 0.5) is 0 Å². The summed E-state index contributed by atoms with van der Waals surface area (Å²) in [5.41, 5.74) is 0. The predicted octanol–water partition coefficient (Wildman–Crippen LogP) is -0.453. The largest absolute Gasteiger partial charge is 0.274 e. The lowest BCUT2D eigenvalue weighted by atomic mass is 10.9.